The van der Waals surface area contributed by atoms with Crippen molar-refractivity contribution in [2.24, 2.45) is 0 Å². The number of phenolic OH excluding ortho intramolecular Hbond substituents is 1. The van der Waals surface area contributed by atoms with Crippen LogP contribution in [0, 0.1) is 0 Å². The summed E-state index contributed by atoms with van der Waals surface area (Å²) in [6.45, 7) is 0. The Morgan fingerprint density at radius 1 is 1.00 bits per heavy atom. The van der Waals surface area contributed by atoms with E-state index in [0.717, 1.165) is 22.6 Å². The van der Waals surface area contributed by atoms with Crippen molar-refractivity contribution in [2.45, 2.75) is 0 Å². The van der Waals surface area contributed by atoms with Crippen molar-refractivity contribution in [3.8, 4) is 5.75 Å². The number of hydrogen-bond acceptors (Lipinski definition) is 2. The minimum Gasteiger partial charge on any atom is -0.507 e. The minimum absolute atomic E-state index is 0.258. The third kappa shape index (κ3) is 1.74. The number of phenols is 1. The molecule has 2 aromatic rings. The molecule has 0 unspecified atom stereocenters. The highest BCUT2D eigenvalue weighted by Gasteiger charge is 2.01. The second-order valence-corrected chi connectivity index (χ2v) is 3.21. The fourth-order valence-corrected chi connectivity index (χ4v) is 1.59. The van der Waals surface area contributed by atoms with Gasteiger partial charge in [-0.2, -0.15) is 0 Å². The van der Waals surface area contributed by atoms with E-state index in [2.05, 4.69) is 0 Å². The number of aromatic hydroxyl groups is 1. The maximum atomic E-state index is 10.2. The molecule has 2 rings (SSSR count). The first-order valence-electron chi connectivity index (χ1n) is 4.65. The molecule has 0 saturated heterocycles. The van der Waals surface area contributed by atoms with E-state index in [9.17, 15) is 9.90 Å². The molecule has 0 aliphatic rings. The van der Waals surface area contributed by atoms with E-state index >= 15 is 0 Å². The van der Waals surface area contributed by atoms with Crippen molar-refractivity contribution in [3.63, 3.8) is 0 Å². The summed E-state index contributed by atoms with van der Waals surface area (Å²) in [4.78, 5) is 10.2. The first-order valence-corrected chi connectivity index (χ1v) is 4.65. The maximum Gasteiger partial charge on any atom is 0.142 e. The van der Waals surface area contributed by atoms with Crippen molar-refractivity contribution in [1.29, 1.82) is 0 Å². The van der Waals surface area contributed by atoms with E-state index in [1.807, 2.05) is 24.3 Å². The second-order valence-electron chi connectivity index (χ2n) is 3.21. The van der Waals surface area contributed by atoms with Crippen LogP contribution < -0.4 is 0 Å². The predicted molar refractivity (Wildman–Crippen MR) is 60.7 cm³/mol. The van der Waals surface area contributed by atoms with Gasteiger partial charge in [0.25, 0.3) is 0 Å². The third-order valence-electron chi connectivity index (χ3n) is 2.29. The third-order valence-corrected chi connectivity index (χ3v) is 2.29. The molecule has 0 aliphatic heterocycles. The molecule has 0 spiro atoms. The zero-order valence-corrected chi connectivity index (χ0v) is 8.05. The quantitative estimate of drug-likeness (QED) is 0.595. The van der Waals surface area contributed by atoms with Gasteiger partial charge in [-0.1, -0.05) is 36.4 Å². The Labute approximate surface area is 87.5 Å². The van der Waals surface area contributed by atoms with Gasteiger partial charge in [0, 0.05) is 5.39 Å². The molecule has 2 nitrogen and oxygen atoms in total. The molecule has 0 amide bonds. The summed E-state index contributed by atoms with van der Waals surface area (Å²) in [7, 11) is 0. The van der Waals surface area contributed by atoms with Crippen LogP contribution in [0.3, 0.4) is 0 Å². The van der Waals surface area contributed by atoms with Crippen LogP contribution in [-0.4, -0.2) is 11.4 Å². The van der Waals surface area contributed by atoms with Gasteiger partial charge in [0.2, 0.25) is 0 Å². The first-order chi connectivity index (χ1) is 7.33. The number of fused-ring (bicyclic) bond motifs is 1. The number of benzene rings is 2. The van der Waals surface area contributed by atoms with Crippen molar-refractivity contribution in [3.05, 3.63) is 48.0 Å². The lowest BCUT2D eigenvalue weighted by Gasteiger charge is -2.03. The SMILES string of the molecule is O=C/C=C/c1ccc(O)c2ccccc12. The second kappa shape index (κ2) is 3.96. The molecule has 1 N–H and O–H groups in total. The molecule has 0 atom stereocenters. The summed E-state index contributed by atoms with van der Waals surface area (Å²) >= 11 is 0. The van der Waals surface area contributed by atoms with E-state index in [-0.39, 0.29) is 5.75 Å². The molecule has 0 aromatic heterocycles. The van der Waals surface area contributed by atoms with Gasteiger partial charge in [-0.25, -0.2) is 0 Å². The van der Waals surface area contributed by atoms with E-state index in [1.165, 1.54) is 6.08 Å². The largest absolute Gasteiger partial charge is 0.507 e. The van der Waals surface area contributed by atoms with Crippen LogP contribution in [0.1, 0.15) is 5.56 Å². The smallest absolute Gasteiger partial charge is 0.142 e. The highest BCUT2D eigenvalue weighted by Crippen LogP contribution is 2.27. The average molecular weight is 198 g/mol. The molecule has 2 aromatic carbocycles. The number of carbonyl (C=O) groups is 1. The van der Waals surface area contributed by atoms with E-state index in [0.29, 0.717) is 0 Å². The molecule has 0 bridgehead atoms. The molecule has 0 fully saturated rings. The molecular weight excluding hydrogens is 188 g/mol. The Balaban J connectivity index is 2.71. The average Bonchev–Trinajstić information content (AvgIpc) is 2.29. The highest BCUT2D eigenvalue weighted by molar-refractivity contribution is 5.95. The fourth-order valence-electron chi connectivity index (χ4n) is 1.59. The number of hydrogen-bond donors (Lipinski definition) is 1. The molecule has 0 radical (unpaired) electrons. The standard InChI is InChI=1S/C13H10O2/c14-9-3-4-10-7-8-13(15)12-6-2-1-5-11(10)12/h1-9,15H/b4-3+. The summed E-state index contributed by atoms with van der Waals surface area (Å²) < 4.78 is 0. The summed E-state index contributed by atoms with van der Waals surface area (Å²) in [5, 5.41) is 11.4. The van der Waals surface area contributed by atoms with Crippen molar-refractivity contribution in [2.75, 3.05) is 0 Å². The van der Waals surface area contributed by atoms with Crippen molar-refractivity contribution in [1.82, 2.24) is 0 Å². The number of aldehydes is 1. The van der Waals surface area contributed by atoms with Gasteiger partial charge in [0.05, 0.1) is 0 Å². The van der Waals surface area contributed by atoms with Crippen LogP contribution in [0.25, 0.3) is 16.8 Å². The Morgan fingerprint density at radius 2 is 1.73 bits per heavy atom. The summed E-state index contributed by atoms with van der Waals surface area (Å²) in [5.74, 6) is 0.258. The van der Waals surface area contributed by atoms with Gasteiger partial charge >= 0.3 is 0 Å². The zero-order valence-electron chi connectivity index (χ0n) is 8.05. The normalized spacial score (nSPS) is 10.9. The topological polar surface area (TPSA) is 37.3 Å². The molecule has 0 aliphatic carbocycles. The lowest BCUT2D eigenvalue weighted by Crippen LogP contribution is -1.79. The first kappa shape index (κ1) is 9.46. The van der Waals surface area contributed by atoms with Gasteiger partial charge in [-0.05, 0) is 23.1 Å². The minimum atomic E-state index is 0.258. The van der Waals surface area contributed by atoms with Crippen LogP contribution in [-0.2, 0) is 4.79 Å². The van der Waals surface area contributed by atoms with E-state index in [1.54, 1.807) is 18.2 Å². The fraction of sp³-hybridized carbons (Fsp3) is 0. The molecule has 0 heterocycles. The highest BCUT2D eigenvalue weighted by atomic mass is 16.3. The van der Waals surface area contributed by atoms with Crippen LogP contribution >= 0.6 is 0 Å². The lowest BCUT2D eigenvalue weighted by molar-refractivity contribution is -0.104. The molecule has 2 heteroatoms. The molecular formula is C13H10O2. The summed E-state index contributed by atoms with van der Waals surface area (Å²) in [6, 6.07) is 11.0. The van der Waals surface area contributed by atoms with Crippen molar-refractivity contribution >= 4 is 23.1 Å². The van der Waals surface area contributed by atoms with Crippen LogP contribution in [0.5, 0.6) is 5.75 Å². The number of carbonyl (C=O) groups excluding carboxylic acids is 1. The van der Waals surface area contributed by atoms with Gasteiger partial charge < -0.3 is 5.11 Å². The lowest BCUT2D eigenvalue weighted by atomic mass is 10.0. The van der Waals surface area contributed by atoms with Crippen LogP contribution in [0.15, 0.2) is 42.5 Å². The van der Waals surface area contributed by atoms with Gasteiger partial charge in [0.1, 0.15) is 12.0 Å². The monoisotopic (exact) mass is 198 g/mol. The van der Waals surface area contributed by atoms with Crippen LogP contribution in [0.2, 0.25) is 0 Å². The van der Waals surface area contributed by atoms with E-state index < -0.39 is 0 Å². The number of rotatable bonds is 2. The Hall–Kier alpha value is -2.09. The van der Waals surface area contributed by atoms with Gasteiger partial charge in [-0.15, -0.1) is 0 Å². The summed E-state index contributed by atoms with van der Waals surface area (Å²) in [6.07, 6.45) is 3.91. The molecule has 0 saturated carbocycles. The Kier molecular flexibility index (Phi) is 2.50. The van der Waals surface area contributed by atoms with Crippen molar-refractivity contribution < 1.29 is 9.90 Å². The zero-order chi connectivity index (χ0) is 10.7. The maximum absolute atomic E-state index is 10.2. The summed E-state index contributed by atoms with van der Waals surface area (Å²) in [5.41, 5.74) is 0.926. The number of allylic oxidation sites excluding steroid dienone is 1. The van der Waals surface area contributed by atoms with Gasteiger partial charge in [0.15, 0.2) is 0 Å². The predicted octanol–water partition coefficient (Wildman–Crippen LogP) is 2.76. The Morgan fingerprint density at radius 3 is 2.47 bits per heavy atom. The molecule has 74 valence electrons. The van der Waals surface area contributed by atoms with E-state index in [4.69, 9.17) is 0 Å². The van der Waals surface area contributed by atoms with Crippen LogP contribution in [0.4, 0.5) is 0 Å². The Bertz CT molecular complexity index is 527. The molecule has 15 heavy (non-hydrogen) atoms. The van der Waals surface area contributed by atoms with Gasteiger partial charge in [-0.3, -0.25) is 4.79 Å².